The van der Waals surface area contributed by atoms with Gasteiger partial charge in [-0.15, -0.1) is 0 Å². The zero-order valence-corrected chi connectivity index (χ0v) is 22.8. The number of nitrogens with zero attached hydrogens (tertiary/aromatic N) is 2. The zero-order valence-electron chi connectivity index (χ0n) is 22.0. The number of halogens is 1. The summed E-state index contributed by atoms with van der Waals surface area (Å²) in [4.78, 5) is 53.9. The molecule has 42 heavy (non-hydrogen) atoms. The molecule has 10 heteroatoms. The summed E-state index contributed by atoms with van der Waals surface area (Å²) in [5.41, 5.74) is 1.59. The average Bonchev–Trinajstić information content (AvgIpc) is 3.26. The van der Waals surface area contributed by atoms with E-state index in [0.717, 1.165) is 27.3 Å². The SMILES string of the molecule is COc1ccc([C@@H]2C=C3c4ccc5ccccc5c4OC(=O)[C@@H]3[C@H]3C(=O)N(c4cc([N+](=O)[O-])ccc4Cl)C(=O)[C@H]32)cc1. The summed E-state index contributed by atoms with van der Waals surface area (Å²) < 4.78 is 11.2. The van der Waals surface area contributed by atoms with E-state index in [4.69, 9.17) is 21.1 Å². The lowest BCUT2D eigenvalue weighted by Crippen LogP contribution is -2.42. The monoisotopic (exact) mass is 580 g/mol. The predicted molar refractivity (Wildman–Crippen MR) is 154 cm³/mol. The van der Waals surface area contributed by atoms with Gasteiger partial charge in [0.05, 0.1) is 40.5 Å². The summed E-state index contributed by atoms with van der Waals surface area (Å²) in [6.45, 7) is 0. The molecule has 2 amide bonds. The molecule has 2 heterocycles. The summed E-state index contributed by atoms with van der Waals surface area (Å²) in [6.07, 6.45) is 1.88. The number of hydrogen-bond acceptors (Lipinski definition) is 7. The molecule has 0 unspecified atom stereocenters. The summed E-state index contributed by atoms with van der Waals surface area (Å²) in [6, 6.07) is 22.1. The van der Waals surface area contributed by atoms with E-state index in [1.807, 2.05) is 54.6 Å². The maximum Gasteiger partial charge on any atom is 0.319 e. The third-order valence-electron chi connectivity index (χ3n) is 8.37. The predicted octanol–water partition coefficient (Wildman–Crippen LogP) is 5.93. The van der Waals surface area contributed by atoms with Crippen molar-refractivity contribution in [1.82, 2.24) is 0 Å². The molecule has 208 valence electrons. The highest BCUT2D eigenvalue weighted by molar-refractivity contribution is 6.36. The Labute approximate surface area is 244 Å². The molecular weight excluding hydrogens is 560 g/mol. The number of methoxy groups -OCH3 is 1. The van der Waals surface area contributed by atoms with Crippen molar-refractivity contribution >= 4 is 57.1 Å². The fourth-order valence-electron chi connectivity index (χ4n) is 6.46. The Bertz CT molecular complexity index is 1880. The van der Waals surface area contributed by atoms with Gasteiger partial charge >= 0.3 is 5.97 Å². The van der Waals surface area contributed by atoms with Crippen LogP contribution in [0.4, 0.5) is 11.4 Å². The Morgan fingerprint density at radius 3 is 2.40 bits per heavy atom. The highest BCUT2D eigenvalue weighted by Gasteiger charge is 2.60. The van der Waals surface area contributed by atoms with Crippen LogP contribution in [0.1, 0.15) is 17.0 Å². The van der Waals surface area contributed by atoms with E-state index < -0.39 is 46.4 Å². The van der Waals surface area contributed by atoms with Crippen LogP contribution in [-0.4, -0.2) is 29.8 Å². The fraction of sp³-hybridized carbons (Fsp3) is 0.156. The third-order valence-corrected chi connectivity index (χ3v) is 8.69. The van der Waals surface area contributed by atoms with Gasteiger partial charge < -0.3 is 9.47 Å². The lowest BCUT2D eigenvalue weighted by molar-refractivity contribution is -0.384. The average molecular weight is 581 g/mol. The Hall–Kier alpha value is -5.02. The number of benzene rings is 4. The number of ether oxygens (including phenoxy) is 2. The Kier molecular flexibility index (Phi) is 5.88. The number of carbonyl (C=O) groups excluding carboxylic acids is 3. The van der Waals surface area contributed by atoms with Crippen LogP contribution in [-0.2, 0) is 14.4 Å². The Morgan fingerprint density at radius 1 is 0.929 bits per heavy atom. The second kappa shape index (κ2) is 9.53. The van der Waals surface area contributed by atoms with Crippen molar-refractivity contribution in [3.05, 3.63) is 111 Å². The normalized spacial score (nSPS) is 22.7. The van der Waals surface area contributed by atoms with Crippen molar-refractivity contribution < 1.29 is 28.8 Å². The molecule has 1 fully saturated rings. The first kappa shape index (κ1) is 25.9. The number of imide groups is 1. The maximum atomic E-state index is 14.2. The van der Waals surface area contributed by atoms with Gasteiger partial charge in [0.25, 0.3) is 5.69 Å². The molecule has 4 aromatic carbocycles. The summed E-state index contributed by atoms with van der Waals surface area (Å²) in [5.74, 6) is -4.63. The fourth-order valence-corrected chi connectivity index (χ4v) is 6.67. The minimum Gasteiger partial charge on any atom is -0.497 e. The van der Waals surface area contributed by atoms with Crippen molar-refractivity contribution in [2.45, 2.75) is 5.92 Å². The first-order valence-electron chi connectivity index (χ1n) is 13.2. The second-order valence-corrected chi connectivity index (χ2v) is 10.8. The number of hydrogen-bond donors (Lipinski definition) is 0. The number of esters is 1. The van der Waals surface area contributed by atoms with Crippen molar-refractivity contribution in [3.8, 4) is 11.5 Å². The number of amides is 2. The van der Waals surface area contributed by atoms with Crippen LogP contribution in [0, 0.1) is 27.9 Å². The van der Waals surface area contributed by atoms with E-state index in [-0.39, 0.29) is 16.4 Å². The summed E-state index contributed by atoms with van der Waals surface area (Å²) in [5, 5.41) is 13.2. The molecule has 0 saturated carbocycles. The number of anilines is 1. The molecule has 3 aliphatic rings. The van der Waals surface area contributed by atoms with Gasteiger partial charge in [-0.05, 0) is 34.7 Å². The van der Waals surface area contributed by atoms with Crippen LogP contribution in [0.15, 0.2) is 84.9 Å². The lowest BCUT2D eigenvalue weighted by Gasteiger charge is -2.38. The second-order valence-electron chi connectivity index (χ2n) is 10.4. The smallest absolute Gasteiger partial charge is 0.319 e. The number of non-ortho nitro benzene ring substituents is 1. The van der Waals surface area contributed by atoms with Crippen LogP contribution >= 0.6 is 11.6 Å². The van der Waals surface area contributed by atoms with Gasteiger partial charge in [-0.1, -0.05) is 66.2 Å². The number of rotatable bonds is 4. The quantitative estimate of drug-likeness (QED) is 0.0965. The number of nitro groups is 1. The highest BCUT2D eigenvalue weighted by Crippen LogP contribution is 2.56. The molecule has 0 aromatic heterocycles. The van der Waals surface area contributed by atoms with Gasteiger partial charge in [-0.2, -0.15) is 0 Å². The van der Waals surface area contributed by atoms with Gasteiger partial charge in [0, 0.05) is 29.0 Å². The molecule has 0 bridgehead atoms. The molecule has 1 aliphatic carbocycles. The van der Waals surface area contributed by atoms with Crippen LogP contribution < -0.4 is 14.4 Å². The van der Waals surface area contributed by atoms with Crippen LogP contribution in [0.5, 0.6) is 11.5 Å². The lowest BCUT2D eigenvalue weighted by atomic mass is 9.64. The van der Waals surface area contributed by atoms with E-state index in [1.54, 1.807) is 19.2 Å². The van der Waals surface area contributed by atoms with E-state index in [1.165, 1.54) is 12.1 Å². The molecule has 1 saturated heterocycles. The van der Waals surface area contributed by atoms with Crippen molar-refractivity contribution in [1.29, 1.82) is 0 Å². The first-order chi connectivity index (χ1) is 20.3. The molecule has 0 radical (unpaired) electrons. The van der Waals surface area contributed by atoms with E-state index in [0.29, 0.717) is 22.6 Å². The summed E-state index contributed by atoms with van der Waals surface area (Å²) in [7, 11) is 1.55. The molecule has 0 spiro atoms. The van der Waals surface area contributed by atoms with Crippen molar-refractivity contribution in [3.63, 3.8) is 0 Å². The number of allylic oxidation sites excluding steroid dienone is 1. The largest absolute Gasteiger partial charge is 0.497 e. The molecule has 0 N–H and O–H groups in total. The molecule has 9 nitrogen and oxygen atoms in total. The van der Waals surface area contributed by atoms with Gasteiger partial charge in [-0.25, -0.2) is 4.90 Å². The molecule has 7 rings (SSSR count). The molecule has 4 aromatic rings. The number of carbonyl (C=O) groups is 3. The van der Waals surface area contributed by atoms with Gasteiger partial charge in [-0.3, -0.25) is 24.5 Å². The minimum atomic E-state index is -1.12. The van der Waals surface area contributed by atoms with Gasteiger partial charge in [0.2, 0.25) is 11.8 Å². The standard InChI is InChI=1S/C32H21ClN2O7/c1-41-19-10-6-17(7-11-19)22-15-23-21-12-8-16-4-2-3-5-20(16)29(21)42-32(38)27(23)28-26(22)30(36)34(31(28)37)25-14-18(35(39)40)9-13-24(25)33/h2-15,22,26-28H,1H3/t22-,26-,27-,28-/m0/s1. The van der Waals surface area contributed by atoms with Crippen molar-refractivity contribution in [2.75, 3.05) is 12.0 Å². The molecular formula is C32H21ClN2O7. The Balaban J connectivity index is 1.44. The van der Waals surface area contributed by atoms with Crippen LogP contribution in [0.3, 0.4) is 0 Å². The van der Waals surface area contributed by atoms with Gasteiger partial charge in [0.1, 0.15) is 11.5 Å². The number of nitro benzene ring substituents is 1. The highest BCUT2D eigenvalue weighted by atomic mass is 35.5. The molecule has 2 aliphatic heterocycles. The van der Waals surface area contributed by atoms with E-state index >= 15 is 0 Å². The summed E-state index contributed by atoms with van der Waals surface area (Å²) >= 11 is 6.40. The van der Waals surface area contributed by atoms with E-state index in [2.05, 4.69) is 0 Å². The molecule has 4 atom stereocenters. The zero-order chi connectivity index (χ0) is 29.3. The van der Waals surface area contributed by atoms with Crippen LogP contribution in [0.2, 0.25) is 5.02 Å². The first-order valence-corrected chi connectivity index (χ1v) is 13.6. The third kappa shape index (κ3) is 3.74. The van der Waals surface area contributed by atoms with E-state index in [9.17, 15) is 24.5 Å². The van der Waals surface area contributed by atoms with Gasteiger partial charge in [0.15, 0.2) is 0 Å². The number of fused-ring (bicyclic) bond motifs is 7. The maximum absolute atomic E-state index is 14.2. The minimum absolute atomic E-state index is 0.00170. The van der Waals surface area contributed by atoms with Crippen LogP contribution in [0.25, 0.3) is 16.3 Å². The Morgan fingerprint density at radius 2 is 1.67 bits per heavy atom. The van der Waals surface area contributed by atoms with Crippen molar-refractivity contribution in [2.24, 2.45) is 17.8 Å². The topological polar surface area (TPSA) is 116 Å².